The van der Waals surface area contributed by atoms with Gasteiger partial charge in [-0.05, 0) is 36.4 Å². The third kappa shape index (κ3) is 5.51. The zero-order valence-corrected chi connectivity index (χ0v) is 17.8. The van der Waals surface area contributed by atoms with Crippen LogP contribution in [0.15, 0.2) is 36.4 Å². The topological polar surface area (TPSA) is 92.8 Å². The van der Waals surface area contributed by atoms with Crippen molar-refractivity contribution in [1.29, 1.82) is 0 Å². The second kappa shape index (κ2) is 9.00. The number of carbonyl (C=O) groups is 2. The van der Waals surface area contributed by atoms with Crippen molar-refractivity contribution in [2.45, 2.75) is 0 Å². The summed E-state index contributed by atoms with van der Waals surface area (Å²) in [6.45, 7) is -0.546. The van der Waals surface area contributed by atoms with Crippen LogP contribution in [0.3, 0.4) is 0 Å². The van der Waals surface area contributed by atoms with E-state index in [1.54, 1.807) is 0 Å². The summed E-state index contributed by atoms with van der Waals surface area (Å²) in [5.41, 5.74) is 0.696. The summed E-state index contributed by atoms with van der Waals surface area (Å²) in [6.07, 6.45) is 0.935. The number of methoxy groups -OCH3 is 1. The molecule has 0 aliphatic rings. The Balaban J connectivity index is 2.23. The number of nitrogens with zero attached hydrogens (tertiary/aromatic N) is 1. The maximum atomic E-state index is 12.4. The number of carbonyl (C=O) groups excluding carboxylic acids is 2. The lowest BCUT2D eigenvalue weighted by Crippen LogP contribution is -2.37. The Morgan fingerprint density at radius 2 is 1.61 bits per heavy atom. The van der Waals surface area contributed by atoms with Gasteiger partial charge < -0.3 is 10.1 Å². The molecular weight excluding hydrogens is 451 g/mol. The van der Waals surface area contributed by atoms with Crippen molar-refractivity contribution in [2.24, 2.45) is 0 Å². The van der Waals surface area contributed by atoms with Gasteiger partial charge in [0.15, 0.2) is 0 Å². The molecule has 0 unspecified atom stereocenters. The fourth-order valence-electron chi connectivity index (χ4n) is 2.22. The van der Waals surface area contributed by atoms with Gasteiger partial charge in [0.2, 0.25) is 15.9 Å². The Morgan fingerprint density at radius 3 is 2.14 bits per heavy atom. The zero-order valence-electron chi connectivity index (χ0n) is 14.7. The Kier molecular flexibility index (Phi) is 7.16. The van der Waals surface area contributed by atoms with E-state index in [2.05, 4.69) is 10.1 Å². The lowest BCUT2D eigenvalue weighted by molar-refractivity contribution is -0.114. The Hall–Kier alpha value is -2.00. The number of esters is 1. The van der Waals surface area contributed by atoms with Gasteiger partial charge in [0.05, 0.1) is 39.7 Å². The smallest absolute Gasteiger partial charge is 0.337 e. The van der Waals surface area contributed by atoms with E-state index in [-0.39, 0.29) is 20.8 Å². The summed E-state index contributed by atoms with van der Waals surface area (Å²) in [5.74, 6) is -1.14. The molecule has 7 nitrogen and oxygen atoms in total. The van der Waals surface area contributed by atoms with Crippen molar-refractivity contribution in [2.75, 3.05) is 29.5 Å². The molecule has 2 aromatic carbocycles. The van der Waals surface area contributed by atoms with Gasteiger partial charge in [-0.2, -0.15) is 0 Å². The van der Waals surface area contributed by atoms with E-state index >= 15 is 0 Å². The number of benzene rings is 2. The van der Waals surface area contributed by atoms with Crippen molar-refractivity contribution in [3.63, 3.8) is 0 Å². The van der Waals surface area contributed by atoms with Crippen LogP contribution < -0.4 is 9.62 Å². The number of nitrogens with one attached hydrogen (secondary N) is 1. The summed E-state index contributed by atoms with van der Waals surface area (Å²) in [6, 6.07) is 8.47. The van der Waals surface area contributed by atoms with Gasteiger partial charge in [0.1, 0.15) is 6.54 Å². The predicted octanol–water partition coefficient (Wildman–Crippen LogP) is 3.84. The van der Waals surface area contributed by atoms with Gasteiger partial charge in [0, 0.05) is 5.69 Å². The van der Waals surface area contributed by atoms with Crippen LogP contribution in [0.25, 0.3) is 0 Å². The molecule has 0 saturated carbocycles. The minimum atomic E-state index is -3.85. The maximum absolute atomic E-state index is 12.4. The number of ether oxygens (including phenoxy) is 1. The second-order valence-electron chi connectivity index (χ2n) is 5.60. The van der Waals surface area contributed by atoms with Crippen molar-refractivity contribution < 1.29 is 22.7 Å². The van der Waals surface area contributed by atoms with Crippen LogP contribution in [0, 0.1) is 0 Å². The quantitative estimate of drug-likeness (QED) is 0.517. The lowest BCUT2D eigenvalue weighted by Gasteiger charge is -2.23. The van der Waals surface area contributed by atoms with Crippen LogP contribution in [-0.2, 0) is 19.6 Å². The van der Waals surface area contributed by atoms with Crippen molar-refractivity contribution in [3.8, 4) is 0 Å². The molecule has 1 amide bonds. The molecule has 150 valence electrons. The Labute approximate surface area is 177 Å². The molecule has 0 atom stereocenters. The average Bonchev–Trinajstić information content (AvgIpc) is 2.62. The Bertz CT molecular complexity index is 1010. The fourth-order valence-corrected chi connectivity index (χ4v) is 3.78. The summed E-state index contributed by atoms with van der Waals surface area (Å²) >= 11 is 17.9. The molecule has 0 bridgehead atoms. The van der Waals surface area contributed by atoms with E-state index in [0.29, 0.717) is 11.3 Å². The molecule has 0 saturated heterocycles. The van der Waals surface area contributed by atoms with Gasteiger partial charge in [-0.1, -0.05) is 34.8 Å². The molecule has 0 heterocycles. The highest BCUT2D eigenvalue weighted by Gasteiger charge is 2.24. The van der Waals surface area contributed by atoms with Crippen LogP contribution in [0.4, 0.5) is 11.4 Å². The van der Waals surface area contributed by atoms with E-state index < -0.39 is 28.4 Å². The average molecular weight is 466 g/mol. The first-order chi connectivity index (χ1) is 13.0. The van der Waals surface area contributed by atoms with Crippen LogP contribution in [0.2, 0.25) is 15.1 Å². The third-order valence-corrected chi connectivity index (χ3v) is 5.69. The standard InChI is InChI=1S/C17H15Cl3N2O5S/c1-27-17(24)10-3-5-11(6-4-10)21-16(23)9-22(28(2,25)26)15-8-13(19)12(18)7-14(15)20/h3-8H,9H2,1-2H3,(H,21,23). The zero-order chi connectivity index (χ0) is 21.1. The molecule has 1 N–H and O–H groups in total. The highest BCUT2D eigenvalue weighted by molar-refractivity contribution is 7.92. The Morgan fingerprint density at radius 1 is 1.04 bits per heavy atom. The highest BCUT2D eigenvalue weighted by atomic mass is 35.5. The minimum absolute atomic E-state index is 0.0229. The fraction of sp³-hybridized carbons (Fsp3) is 0.176. The lowest BCUT2D eigenvalue weighted by atomic mass is 10.2. The van der Waals surface area contributed by atoms with Crippen molar-refractivity contribution >= 4 is 68.1 Å². The van der Waals surface area contributed by atoms with Crippen molar-refractivity contribution in [1.82, 2.24) is 0 Å². The van der Waals surface area contributed by atoms with Gasteiger partial charge in [-0.15, -0.1) is 0 Å². The highest BCUT2D eigenvalue weighted by Crippen LogP contribution is 2.35. The van der Waals surface area contributed by atoms with Crippen LogP contribution in [0.1, 0.15) is 10.4 Å². The molecule has 0 aromatic heterocycles. The van der Waals surface area contributed by atoms with Crippen LogP contribution >= 0.6 is 34.8 Å². The molecule has 0 radical (unpaired) electrons. The van der Waals surface area contributed by atoms with Crippen molar-refractivity contribution in [3.05, 3.63) is 57.0 Å². The number of hydrogen-bond donors (Lipinski definition) is 1. The van der Waals surface area contributed by atoms with E-state index in [1.165, 1.54) is 43.5 Å². The monoisotopic (exact) mass is 464 g/mol. The van der Waals surface area contributed by atoms with Gasteiger partial charge >= 0.3 is 5.97 Å². The first kappa shape index (κ1) is 22.3. The molecule has 0 fully saturated rings. The predicted molar refractivity (Wildman–Crippen MR) is 110 cm³/mol. The number of amides is 1. The summed E-state index contributed by atoms with van der Waals surface area (Å²) < 4.78 is 29.8. The van der Waals surface area contributed by atoms with E-state index in [4.69, 9.17) is 34.8 Å². The molecule has 2 rings (SSSR count). The molecule has 0 spiro atoms. The molecule has 2 aromatic rings. The summed E-state index contributed by atoms with van der Waals surface area (Å²) in [7, 11) is -2.60. The largest absolute Gasteiger partial charge is 0.465 e. The number of anilines is 2. The van der Waals surface area contributed by atoms with E-state index in [1.807, 2.05) is 0 Å². The number of halogens is 3. The van der Waals surface area contributed by atoms with Crippen LogP contribution in [-0.4, -0.2) is 40.2 Å². The number of rotatable bonds is 6. The molecule has 28 heavy (non-hydrogen) atoms. The number of sulfonamides is 1. The summed E-state index contributed by atoms with van der Waals surface area (Å²) in [5, 5.41) is 2.81. The van der Waals surface area contributed by atoms with Gasteiger partial charge in [0.25, 0.3) is 0 Å². The van der Waals surface area contributed by atoms with E-state index in [0.717, 1.165) is 10.6 Å². The maximum Gasteiger partial charge on any atom is 0.337 e. The SMILES string of the molecule is COC(=O)c1ccc(NC(=O)CN(c2cc(Cl)c(Cl)cc2Cl)S(C)(=O)=O)cc1. The molecule has 11 heteroatoms. The summed E-state index contributed by atoms with van der Waals surface area (Å²) in [4.78, 5) is 23.8. The normalized spacial score (nSPS) is 11.0. The first-order valence-corrected chi connectivity index (χ1v) is 10.6. The second-order valence-corrected chi connectivity index (χ2v) is 8.73. The third-order valence-electron chi connectivity index (χ3n) is 3.54. The molecular formula is C17H15Cl3N2O5S. The van der Waals surface area contributed by atoms with Gasteiger partial charge in [-0.3, -0.25) is 9.10 Å². The van der Waals surface area contributed by atoms with Crippen LogP contribution in [0.5, 0.6) is 0 Å². The van der Waals surface area contributed by atoms with Gasteiger partial charge in [-0.25, -0.2) is 13.2 Å². The van der Waals surface area contributed by atoms with E-state index in [9.17, 15) is 18.0 Å². The first-order valence-electron chi connectivity index (χ1n) is 7.63. The molecule has 0 aliphatic heterocycles. The molecule has 0 aliphatic carbocycles. The minimum Gasteiger partial charge on any atom is -0.465 e. The number of hydrogen-bond acceptors (Lipinski definition) is 5.